The second kappa shape index (κ2) is 5.94. The quantitative estimate of drug-likeness (QED) is 0.666. The van der Waals surface area contributed by atoms with Crippen molar-refractivity contribution in [3.8, 4) is 0 Å². The molecule has 0 bridgehead atoms. The van der Waals surface area contributed by atoms with Gasteiger partial charge in [0.05, 0.1) is 12.8 Å². The Morgan fingerprint density at radius 3 is 2.88 bits per heavy atom. The average Bonchev–Trinajstić information content (AvgIpc) is 2.64. The van der Waals surface area contributed by atoms with Gasteiger partial charge in [-0.05, 0) is 0 Å². The lowest BCUT2D eigenvalue weighted by molar-refractivity contribution is -0.131. The second-order valence-electron chi connectivity index (χ2n) is 3.48. The largest absolute Gasteiger partial charge is 0.395 e. The molecule has 94 valence electrons. The van der Waals surface area contributed by atoms with E-state index in [4.69, 9.17) is 5.11 Å². The Balaban J connectivity index is 2.54. The van der Waals surface area contributed by atoms with E-state index in [0.717, 1.165) is 0 Å². The van der Waals surface area contributed by atoms with Crippen LogP contribution in [0.15, 0.2) is 6.20 Å². The topological polar surface area (TPSA) is 100 Å². The van der Waals surface area contributed by atoms with E-state index in [0.29, 0.717) is 5.82 Å². The summed E-state index contributed by atoms with van der Waals surface area (Å²) in [5.41, 5.74) is 0. The number of hydrogen-bond acceptors (Lipinski definition) is 5. The molecule has 1 aromatic rings. The second-order valence-corrected chi connectivity index (χ2v) is 3.48. The van der Waals surface area contributed by atoms with Gasteiger partial charge in [-0.2, -0.15) is 9.90 Å². The number of carbonyl (C=O) groups excluding carboxylic acids is 2. The molecule has 17 heavy (non-hydrogen) atoms. The molecule has 0 radical (unpaired) electrons. The van der Waals surface area contributed by atoms with Gasteiger partial charge in [-0.3, -0.25) is 9.59 Å². The lowest BCUT2D eigenvalue weighted by atomic mass is 10.5. The molecule has 1 aromatic heterocycles. The number of nitrogens with zero attached hydrogens (tertiary/aromatic N) is 4. The molecule has 1 rings (SSSR count). The van der Waals surface area contributed by atoms with Crippen LogP contribution in [0.3, 0.4) is 0 Å². The highest BCUT2D eigenvalue weighted by molar-refractivity contribution is 5.87. The smallest absolute Gasteiger partial charge is 0.246 e. The normalized spacial score (nSPS) is 10.1. The molecule has 0 unspecified atom stereocenters. The Kier molecular flexibility index (Phi) is 4.58. The maximum atomic E-state index is 11.6. The van der Waals surface area contributed by atoms with Crippen LogP contribution in [0, 0.1) is 0 Å². The average molecular weight is 241 g/mol. The first-order valence-electron chi connectivity index (χ1n) is 5.05. The molecule has 0 saturated heterocycles. The van der Waals surface area contributed by atoms with Gasteiger partial charge in [-0.15, -0.1) is 5.10 Å². The van der Waals surface area contributed by atoms with Crippen molar-refractivity contribution in [2.75, 3.05) is 25.5 Å². The van der Waals surface area contributed by atoms with Crippen molar-refractivity contribution in [1.29, 1.82) is 0 Å². The minimum atomic E-state index is -0.249. The van der Waals surface area contributed by atoms with E-state index < -0.39 is 0 Å². The predicted molar refractivity (Wildman–Crippen MR) is 59.0 cm³/mol. The first kappa shape index (κ1) is 13.1. The number of aliphatic hydroxyl groups is 1. The van der Waals surface area contributed by atoms with E-state index in [1.165, 1.54) is 22.8 Å². The molecule has 0 aromatic carbocycles. The van der Waals surface area contributed by atoms with Gasteiger partial charge in [0.2, 0.25) is 11.8 Å². The fraction of sp³-hybridized carbons (Fsp3) is 0.556. The number of hydrogen-bond donors (Lipinski definition) is 2. The molecule has 0 fully saturated rings. The zero-order valence-corrected chi connectivity index (χ0v) is 9.75. The van der Waals surface area contributed by atoms with Crippen molar-refractivity contribution < 1.29 is 14.7 Å². The number of nitrogens with one attached hydrogen (secondary N) is 1. The van der Waals surface area contributed by atoms with Crippen LogP contribution >= 0.6 is 0 Å². The van der Waals surface area contributed by atoms with Gasteiger partial charge in [-0.1, -0.05) is 0 Å². The van der Waals surface area contributed by atoms with Crippen molar-refractivity contribution in [3.05, 3.63) is 6.20 Å². The van der Waals surface area contributed by atoms with Crippen LogP contribution in [0.2, 0.25) is 0 Å². The molecule has 0 spiro atoms. The lowest BCUT2D eigenvalue weighted by Gasteiger charge is -2.14. The molecule has 1 heterocycles. The highest BCUT2D eigenvalue weighted by atomic mass is 16.3. The number of likely N-dealkylation sites (N-methyl/N-ethyl adjacent to an activating group) is 1. The zero-order chi connectivity index (χ0) is 12.8. The van der Waals surface area contributed by atoms with Gasteiger partial charge in [-0.25, -0.2) is 0 Å². The van der Waals surface area contributed by atoms with E-state index in [9.17, 15) is 9.59 Å². The Morgan fingerprint density at radius 1 is 1.59 bits per heavy atom. The summed E-state index contributed by atoms with van der Waals surface area (Å²) in [6, 6.07) is 0. The fourth-order valence-corrected chi connectivity index (χ4v) is 1.13. The molecule has 0 atom stereocenters. The van der Waals surface area contributed by atoms with E-state index in [2.05, 4.69) is 15.5 Å². The van der Waals surface area contributed by atoms with Gasteiger partial charge < -0.3 is 15.3 Å². The first-order chi connectivity index (χ1) is 8.02. The first-order valence-corrected chi connectivity index (χ1v) is 5.05. The van der Waals surface area contributed by atoms with Crippen LogP contribution < -0.4 is 5.32 Å². The highest BCUT2D eigenvalue weighted by Crippen LogP contribution is 1.99. The number of amides is 2. The summed E-state index contributed by atoms with van der Waals surface area (Å²) in [5, 5.41) is 18.9. The van der Waals surface area contributed by atoms with Crippen molar-refractivity contribution >= 4 is 17.6 Å². The summed E-state index contributed by atoms with van der Waals surface area (Å²) in [6.45, 7) is 1.50. The molecule has 0 aliphatic rings. The van der Waals surface area contributed by atoms with Crippen LogP contribution in [0.5, 0.6) is 0 Å². The molecule has 2 amide bonds. The Hall–Kier alpha value is -1.96. The number of rotatable bonds is 5. The third-order valence-corrected chi connectivity index (χ3v) is 1.98. The molecular formula is C9H15N5O3. The van der Waals surface area contributed by atoms with Crippen molar-refractivity contribution in [2.45, 2.75) is 13.5 Å². The molecule has 8 nitrogen and oxygen atoms in total. The van der Waals surface area contributed by atoms with Crippen LogP contribution in [-0.2, 0) is 16.1 Å². The van der Waals surface area contributed by atoms with Gasteiger partial charge in [0.25, 0.3) is 0 Å². The van der Waals surface area contributed by atoms with Crippen LogP contribution in [0.4, 0.5) is 5.82 Å². The molecular weight excluding hydrogens is 226 g/mol. The summed E-state index contributed by atoms with van der Waals surface area (Å²) < 4.78 is 0. The Labute approximate surface area is 98.2 Å². The molecule has 0 saturated carbocycles. The molecule has 2 N–H and O–H groups in total. The fourth-order valence-electron chi connectivity index (χ4n) is 1.13. The summed E-state index contributed by atoms with van der Waals surface area (Å²) in [7, 11) is 1.58. The summed E-state index contributed by atoms with van der Waals surface area (Å²) in [6.07, 6.45) is 1.36. The SMILES string of the molecule is CC(=O)Nc1cnn(CC(=O)N(C)CCO)n1. The van der Waals surface area contributed by atoms with Crippen LogP contribution in [-0.4, -0.2) is 57.0 Å². The number of carbonyl (C=O) groups is 2. The van der Waals surface area contributed by atoms with E-state index >= 15 is 0 Å². The van der Waals surface area contributed by atoms with Gasteiger partial charge in [0, 0.05) is 20.5 Å². The maximum Gasteiger partial charge on any atom is 0.246 e. The minimum absolute atomic E-state index is 0.0317. The van der Waals surface area contributed by atoms with Gasteiger partial charge in [0.15, 0.2) is 5.82 Å². The molecule has 0 aliphatic carbocycles. The predicted octanol–water partition coefficient (Wildman–Crippen LogP) is -1.31. The van der Waals surface area contributed by atoms with Crippen LogP contribution in [0.1, 0.15) is 6.92 Å². The van der Waals surface area contributed by atoms with E-state index in [1.807, 2.05) is 0 Å². The summed E-state index contributed by atoms with van der Waals surface area (Å²) >= 11 is 0. The summed E-state index contributed by atoms with van der Waals surface area (Å²) in [4.78, 5) is 24.9. The monoisotopic (exact) mass is 241 g/mol. The van der Waals surface area contributed by atoms with Gasteiger partial charge >= 0.3 is 0 Å². The third kappa shape index (κ3) is 4.19. The van der Waals surface area contributed by atoms with Crippen molar-refractivity contribution in [2.24, 2.45) is 0 Å². The standard InChI is InChI=1S/C9H15N5O3/c1-7(16)11-8-5-10-14(12-8)6-9(17)13(2)3-4-15/h5,15H,3-4,6H2,1-2H3,(H,11,12,16). The van der Waals surface area contributed by atoms with Crippen molar-refractivity contribution in [1.82, 2.24) is 19.9 Å². The lowest BCUT2D eigenvalue weighted by Crippen LogP contribution is -2.33. The Morgan fingerprint density at radius 2 is 2.29 bits per heavy atom. The van der Waals surface area contributed by atoms with Crippen molar-refractivity contribution in [3.63, 3.8) is 0 Å². The van der Waals surface area contributed by atoms with Crippen LogP contribution in [0.25, 0.3) is 0 Å². The third-order valence-electron chi connectivity index (χ3n) is 1.98. The number of aromatic nitrogens is 3. The molecule has 8 heteroatoms. The van der Waals surface area contributed by atoms with Gasteiger partial charge in [0.1, 0.15) is 6.54 Å². The zero-order valence-electron chi connectivity index (χ0n) is 9.75. The molecule has 0 aliphatic heterocycles. The maximum absolute atomic E-state index is 11.6. The summed E-state index contributed by atoms with van der Waals surface area (Å²) in [5.74, 6) is -0.167. The highest BCUT2D eigenvalue weighted by Gasteiger charge is 2.10. The van der Waals surface area contributed by atoms with E-state index in [1.54, 1.807) is 7.05 Å². The van der Waals surface area contributed by atoms with E-state index in [-0.39, 0.29) is 31.5 Å². The number of anilines is 1. The Bertz CT molecular complexity index is 403. The minimum Gasteiger partial charge on any atom is -0.395 e. The number of aliphatic hydroxyl groups excluding tert-OH is 1.